The van der Waals surface area contributed by atoms with E-state index in [0.717, 1.165) is 11.1 Å². The number of hydrogen-bond acceptors (Lipinski definition) is 4. The summed E-state index contributed by atoms with van der Waals surface area (Å²) in [6.07, 6.45) is 0. The fraction of sp³-hybridized carbons (Fsp3) is 0.263. The molecule has 2 aromatic rings. The Morgan fingerprint density at radius 2 is 1.83 bits per heavy atom. The zero-order valence-electron chi connectivity index (χ0n) is 13.8. The van der Waals surface area contributed by atoms with Gasteiger partial charge in [-0.25, -0.2) is 4.79 Å². The summed E-state index contributed by atoms with van der Waals surface area (Å²) in [5, 5.41) is 9.44. The molecule has 0 aliphatic heterocycles. The van der Waals surface area contributed by atoms with Gasteiger partial charge in [-0.05, 0) is 56.7 Å². The van der Waals surface area contributed by atoms with Gasteiger partial charge in [0.1, 0.15) is 11.4 Å². The highest BCUT2D eigenvalue weighted by Crippen LogP contribution is 2.33. The third-order valence-electron chi connectivity index (χ3n) is 3.03. The van der Waals surface area contributed by atoms with E-state index >= 15 is 0 Å². The Morgan fingerprint density at radius 1 is 1.17 bits per heavy atom. The van der Waals surface area contributed by atoms with Crippen LogP contribution in [-0.4, -0.2) is 18.2 Å². The molecular weight excluding hydrogens is 326 g/mol. The molecule has 0 saturated carbocycles. The van der Waals surface area contributed by atoms with E-state index in [9.17, 15) is 4.79 Å². The van der Waals surface area contributed by atoms with Gasteiger partial charge in [-0.1, -0.05) is 23.7 Å². The largest absolute Gasteiger partial charge is 0.481 e. The molecule has 5 heteroatoms. The van der Waals surface area contributed by atoms with Crippen LogP contribution >= 0.6 is 11.6 Å². The van der Waals surface area contributed by atoms with E-state index in [2.05, 4.69) is 6.07 Å². The SMILES string of the molecule is CC(C)(C)OC(=O)COc1ccc(Cl)cc1-c1ccc(C#N)cc1. The smallest absolute Gasteiger partial charge is 0.344 e. The number of nitriles is 1. The molecule has 0 aromatic heterocycles. The number of halogens is 1. The van der Waals surface area contributed by atoms with Gasteiger partial charge in [0.05, 0.1) is 11.6 Å². The third kappa shape index (κ3) is 5.00. The molecule has 0 fully saturated rings. The molecule has 0 atom stereocenters. The highest BCUT2D eigenvalue weighted by Gasteiger charge is 2.17. The highest BCUT2D eigenvalue weighted by molar-refractivity contribution is 6.31. The summed E-state index contributed by atoms with van der Waals surface area (Å²) in [7, 11) is 0. The van der Waals surface area contributed by atoms with Gasteiger partial charge in [0.15, 0.2) is 6.61 Å². The van der Waals surface area contributed by atoms with Crippen LogP contribution in [-0.2, 0) is 9.53 Å². The fourth-order valence-corrected chi connectivity index (χ4v) is 2.26. The number of benzene rings is 2. The van der Waals surface area contributed by atoms with Crippen molar-refractivity contribution in [2.45, 2.75) is 26.4 Å². The predicted molar refractivity (Wildman–Crippen MR) is 92.9 cm³/mol. The van der Waals surface area contributed by atoms with Gasteiger partial charge in [0.2, 0.25) is 0 Å². The average Bonchev–Trinajstić information content (AvgIpc) is 2.52. The van der Waals surface area contributed by atoms with Gasteiger partial charge in [-0.3, -0.25) is 0 Å². The van der Waals surface area contributed by atoms with Crippen LogP contribution in [0.25, 0.3) is 11.1 Å². The van der Waals surface area contributed by atoms with E-state index in [0.29, 0.717) is 16.3 Å². The number of ether oxygens (including phenoxy) is 2. The van der Waals surface area contributed by atoms with Crippen LogP contribution in [0.4, 0.5) is 0 Å². The van der Waals surface area contributed by atoms with E-state index in [-0.39, 0.29) is 6.61 Å². The van der Waals surface area contributed by atoms with Crippen LogP contribution in [0.15, 0.2) is 42.5 Å². The Bertz CT molecular complexity index is 771. The monoisotopic (exact) mass is 343 g/mol. The molecule has 124 valence electrons. The maximum absolute atomic E-state index is 11.8. The molecule has 0 spiro atoms. The summed E-state index contributed by atoms with van der Waals surface area (Å²) in [5.74, 6) is 0.0817. The van der Waals surface area contributed by atoms with Crippen molar-refractivity contribution >= 4 is 17.6 Å². The normalized spacial score (nSPS) is 10.8. The molecule has 4 nitrogen and oxygen atoms in total. The number of nitrogens with zero attached hydrogens (tertiary/aromatic N) is 1. The Balaban J connectivity index is 2.21. The Kier molecular flexibility index (Phi) is 5.48. The van der Waals surface area contributed by atoms with Crippen LogP contribution in [0.3, 0.4) is 0 Å². The number of carbonyl (C=O) groups is 1. The van der Waals surface area contributed by atoms with Crippen molar-refractivity contribution in [3.05, 3.63) is 53.1 Å². The first-order valence-electron chi connectivity index (χ1n) is 7.43. The lowest BCUT2D eigenvalue weighted by Crippen LogP contribution is -2.27. The van der Waals surface area contributed by atoms with Gasteiger partial charge >= 0.3 is 5.97 Å². The first-order valence-corrected chi connectivity index (χ1v) is 7.81. The molecule has 0 saturated heterocycles. The molecule has 0 aliphatic carbocycles. The standard InChI is InChI=1S/C19H18ClNO3/c1-19(2,3)24-18(22)12-23-17-9-8-15(20)10-16(17)14-6-4-13(11-21)5-7-14/h4-10H,12H2,1-3H3. The van der Waals surface area contributed by atoms with Gasteiger partial charge < -0.3 is 9.47 Å². The van der Waals surface area contributed by atoms with Crippen molar-refractivity contribution in [1.29, 1.82) is 5.26 Å². The second-order valence-electron chi connectivity index (χ2n) is 6.20. The summed E-state index contributed by atoms with van der Waals surface area (Å²) < 4.78 is 10.8. The summed E-state index contributed by atoms with van der Waals surface area (Å²) in [6.45, 7) is 5.21. The molecule has 2 rings (SSSR count). The molecule has 0 unspecified atom stereocenters. The molecule has 0 aliphatic rings. The van der Waals surface area contributed by atoms with Gasteiger partial charge in [0.25, 0.3) is 0 Å². The Morgan fingerprint density at radius 3 is 2.42 bits per heavy atom. The minimum Gasteiger partial charge on any atom is -0.481 e. The summed E-state index contributed by atoms with van der Waals surface area (Å²) in [5.41, 5.74) is 1.60. The first kappa shape index (κ1) is 17.8. The van der Waals surface area contributed by atoms with Crippen LogP contribution in [0.2, 0.25) is 5.02 Å². The van der Waals surface area contributed by atoms with E-state index < -0.39 is 11.6 Å². The number of esters is 1. The third-order valence-corrected chi connectivity index (χ3v) is 3.27. The first-order chi connectivity index (χ1) is 11.3. The maximum Gasteiger partial charge on any atom is 0.344 e. The predicted octanol–water partition coefficient (Wildman–Crippen LogP) is 4.60. The van der Waals surface area contributed by atoms with Crippen LogP contribution in [0.1, 0.15) is 26.3 Å². The summed E-state index contributed by atoms with van der Waals surface area (Å²) >= 11 is 6.08. The zero-order valence-corrected chi connectivity index (χ0v) is 14.6. The fourth-order valence-electron chi connectivity index (χ4n) is 2.09. The van der Waals surface area contributed by atoms with Gasteiger partial charge in [0, 0.05) is 10.6 Å². The summed E-state index contributed by atoms with van der Waals surface area (Å²) in [4.78, 5) is 11.8. The van der Waals surface area contributed by atoms with Crippen molar-refractivity contribution in [3.63, 3.8) is 0 Å². The van der Waals surface area contributed by atoms with E-state index in [4.69, 9.17) is 26.3 Å². The van der Waals surface area contributed by atoms with E-state index in [1.54, 1.807) is 51.1 Å². The Hall–Kier alpha value is -2.51. The topological polar surface area (TPSA) is 59.3 Å². The van der Waals surface area contributed by atoms with E-state index in [1.807, 2.05) is 12.1 Å². The lowest BCUT2D eigenvalue weighted by molar-refractivity contribution is -0.157. The van der Waals surface area contributed by atoms with Crippen LogP contribution < -0.4 is 4.74 Å². The molecule has 0 N–H and O–H groups in total. The minimum atomic E-state index is -0.559. The maximum atomic E-state index is 11.8. The zero-order chi connectivity index (χ0) is 17.7. The second-order valence-corrected chi connectivity index (χ2v) is 6.64. The summed E-state index contributed by atoms with van der Waals surface area (Å²) in [6, 6.07) is 14.3. The van der Waals surface area contributed by atoms with Crippen molar-refractivity contribution in [3.8, 4) is 22.9 Å². The molecule has 24 heavy (non-hydrogen) atoms. The van der Waals surface area contributed by atoms with E-state index in [1.165, 1.54) is 0 Å². The van der Waals surface area contributed by atoms with Crippen molar-refractivity contribution in [1.82, 2.24) is 0 Å². The number of carbonyl (C=O) groups excluding carboxylic acids is 1. The highest BCUT2D eigenvalue weighted by atomic mass is 35.5. The molecule has 0 bridgehead atoms. The minimum absolute atomic E-state index is 0.192. The number of rotatable bonds is 4. The van der Waals surface area contributed by atoms with Crippen LogP contribution in [0.5, 0.6) is 5.75 Å². The van der Waals surface area contributed by atoms with Crippen LogP contribution in [0, 0.1) is 11.3 Å². The average molecular weight is 344 g/mol. The van der Waals surface area contributed by atoms with Crippen molar-refractivity contribution in [2.75, 3.05) is 6.61 Å². The Labute approximate surface area is 146 Å². The van der Waals surface area contributed by atoms with Gasteiger partial charge in [-0.2, -0.15) is 5.26 Å². The lowest BCUT2D eigenvalue weighted by atomic mass is 10.0. The molecule has 0 heterocycles. The van der Waals surface area contributed by atoms with Crippen molar-refractivity contribution in [2.24, 2.45) is 0 Å². The number of hydrogen-bond donors (Lipinski definition) is 0. The quantitative estimate of drug-likeness (QED) is 0.761. The molecular formula is C19H18ClNO3. The van der Waals surface area contributed by atoms with Gasteiger partial charge in [-0.15, -0.1) is 0 Å². The molecule has 2 aromatic carbocycles. The van der Waals surface area contributed by atoms with Crippen molar-refractivity contribution < 1.29 is 14.3 Å². The molecule has 0 radical (unpaired) electrons. The lowest BCUT2D eigenvalue weighted by Gasteiger charge is -2.20. The second kappa shape index (κ2) is 7.37. The molecule has 0 amide bonds.